The lowest BCUT2D eigenvalue weighted by Gasteiger charge is -2.19. The first kappa shape index (κ1) is 18.2. The number of nitrogens with zero attached hydrogens (tertiary/aromatic N) is 3. The number of rotatable bonds is 6. The van der Waals surface area contributed by atoms with Gasteiger partial charge in [0.1, 0.15) is 12.4 Å². The van der Waals surface area contributed by atoms with Crippen LogP contribution in [0, 0.1) is 0 Å². The molecule has 0 unspecified atom stereocenters. The molecule has 0 spiro atoms. The summed E-state index contributed by atoms with van der Waals surface area (Å²) in [4.78, 5) is 18.2. The van der Waals surface area contributed by atoms with Gasteiger partial charge in [-0.2, -0.15) is 5.10 Å². The van der Waals surface area contributed by atoms with E-state index >= 15 is 0 Å². The van der Waals surface area contributed by atoms with Gasteiger partial charge >= 0.3 is 0 Å². The summed E-state index contributed by atoms with van der Waals surface area (Å²) in [6, 6.07) is 8.11. The Hall–Kier alpha value is -2.63. The van der Waals surface area contributed by atoms with Crippen molar-refractivity contribution in [3.8, 4) is 5.75 Å². The third-order valence-electron chi connectivity index (χ3n) is 4.57. The molecule has 0 bridgehead atoms. The van der Waals surface area contributed by atoms with Gasteiger partial charge in [0.15, 0.2) is 11.6 Å². The summed E-state index contributed by atoms with van der Waals surface area (Å²) < 4.78 is 5.79. The van der Waals surface area contributed by atoms with Gasteiger partial charge in [0.2, 0.25) is 5.91 Å². The molecule has 0 saturated carbocycles. The Kier molecular flexibility index (Phi) is 5.11. The van der Waals surface area contributed by atoms with Gasteiger partial charge in [0.05, 0.1) is 0 Å². The van der Waals surface area contributed by atoms with Gasteiger partial charge in [-0.3, -0.25) is 9.89 Å². The number of nitrogens with one attached hydrogen (secondary N) is 1. The lowest BCUT2D eigenvalue weighted by Crippen LogP contribution is -2.24. The van der Waals surface area contributed by atoms with Crippen molar-refractivity contribution in [1.29, 1.82) is 0 Å². The summed E-state index contributed by atoms with van der Waals surface area (Å²) in [5.74, 6) is 2.28. The second-order valence-corrected chi connectivity index (χ2v) is 7.69. The molecule has 1 amide bonds. The van der Waals surface area contributed by atoms with Crippen LogP contribution in [0.25, 0.3) is 0 Å². The van der Waals surface area contributed by atoms with Gasteiger partial charge in [0.25, 0.3) is 0 Å². The lowest BCUT2D eigenvalue weighted by atomic mass is 9.87. The standard InChI is InChI=1S/C20H26N4O2/c1-5-10-24-12-14(11-18(24)25)19-21-17(22-23-19)13-26-16-8-6-15(7-9-16)20(2,3)4/h5-9,14H,1,10-13H2,2-4H3,(H,21,22,23)/t14-/m0/s1. The van der Waals surface area contributed by atoms with Crippen molar-refractivity contribution < 1.29 is 9.53 Å². The first-order valence-corrected chi connectivity index (χ1v) is 8.90. The maximum atomic E-state index is 12.0. The summed E-state index contributed by atoms with van der Waals surface area (Å²) in [5, 5.41) is 7.18. The number of hydrogen-bond donors (Lipinski definition) is 1. The Balaban J connectivity index is 1.57. The highest BCUT2D eigenvalue weighted by Crippen LogP contribution is 2.26. The van der Waals surface area contributed by atoms with Crippen LogP contribution >= 0.6 is 0 Å². The van der Waals surface area contributed by atoms with Crippen LogP contribution in [-0.2, 0) is 16.8 Å². The average Bonchev–Trinajstić information content (AvgIpc) is 3.20. The minimum absolute atomic E-state index is 0.0264. The van der Waals surface area contributed by atoms with Gasteiger partial charge in [-0.25, -0.2) is 4.98 Å². The number of amides is 1. The van der Waals surface area contributed by atoms with Crippen molar-refractivity contribution in [2.24, 2.45) is 0 Å². The number of carbonyl (C=O) groups excluding carboxylic acids is 1. The molecule has 1 N–H and O–H groups in total. The molecule has 1 aromatic heterocycles. The molecule has 138 valence electrons. The van der Waals surface area contributed by atoms with Crippen LogP contribution in [0.2, 0.25) is 0 Å². The maximum Gasteiger partial charge on any atom is 0.223 e. The second kappa shape index (κ2) is 7.32. The first-order valence-electron chi connectivity index (χ1n) is 8.90. The molecule has 1 fully saturated rings. The molecule has 1 saturated heterocycles. The van der Waals surface area contributed by atoms with Crippen molar-refractivity contribution in [3.63, 3.8) is 0 Å². The number of carbonyl (C=O) groups is 1. The van der Waals surface area contributed by atoms with Gasteiger partial charge < -0.3 is 9.64 Å². The van der Waals surface area contributed by atoms with E-state index in [1.807, 2.05) is 12.1 Å². The highest BCUT2D eigenvalue weighted by Gasteiger charge is 2.32. The molecule has 2 heterocycles. The van der Waals surface area contributed by atoms with Crippen LogP contribution in [-0.4, -0.2) is 39.1 Å². The number of ether oxygens (including phenoxy) is 1. The van der Waals surface area contributed by atoms with Crippen molar-refractivity contribution in [2.75, 3.05) is 13.1 Å². The SMILES string of the molecule is C=CCN1C[C@@H](c2n[nH]c(COc3ccc(C(C)(C)C)cc3)n2)CC1=O. The largest absolute Gasteiger partial charge is 0.486 e. The lowest BCUT2D eigenvalue weighted by molar-refractivity contribution is -0.127. The highest BCUT2D eigenvalue weighted by atomic mass is 16.5. The average molecular weight is 354 g/mol. The number of H-pyrrole nitrogens is 1. The molecule has 1 aromatic carbocycles. The Morgan fingerprint density at radius 1 is 1.35 bits per heavy atom. The van der Waals surface area contributed by atoms with Gasteiger partial charge in [-0.1, -0.05) is 39.0 Å². The second-order valence-electron chi connectivity index (χ2n) is 7.69. The molecule has 6 heteroatoms. The fraction of sp³-hybridized carbons (Fsp3) is 0.450. The molecule has 1 atom stereocenters. The number of aromatic amines is 1. The zero-order valence-electron chi connectivity index (χ0n) is 15.7. The van der Waals surface area contributed by atoms with Crippen LogP contribution < -0.4 is 4.74 Å². The van der Waals surface area contributed by atoms with E-state index in [0.717, 1.165) is 5.75 Å². The van der Waals surface area contributed by atoms with Crippen molar-refractivity contribution in [1.82, 2.24) is 20.1 Å². The van der Waals surface area contributed by atoms with Crippen molar-refractivity contribution in [3.05, 3.63) is 54.1 Å². The molecule has 6 nitrogen and oxygen atoms in total. The highest BCUT2D eigenvalue weighted by molar-refractivity contribution is 5.79. The van der Waals surface area contributed by atoms with E-state index in [2.05, 4.69) is 54.7 Å². The Morgan fingerprint density at radius 3 is 2.73 bits per heavy atom. The number of aromatic nitrogens is 3. The molecular formula is C20H26N4O2. The van der Waals surface area contributed by atoms with E-state index in [1.165, 1.54) is 5.56 Å². The Morgan fingerprint density at radius 2 is 2.08 bits per heavy atom. The predicted molar refractivity (Wildman–Crippen MR) is 100.0 cm³/mol. The van der Waals surface area contributed by atoms with Gasteiger partial charge in [-0.05, 0) is 23.1 Å². The fourth-order valence-corrected chi connectivity index (χ4v) is 3.04. The molecule has 1 aliphatic rings. The number of benzene rings is 1. The van der Waals surface area contributed by atoms with Crippen LogP contribution in [0.1, 0.15) is 50.3 Å². The zero-order valence-corrected chi connectivity index (χ0v) is 15.7. The van der Waals surface area contributed by atoms with Gasteiger partial charge in [-0.15, -0.1) is 6.58 Å². The van der Waals surface area contributed by atoms with E-state index in [1.54, 1.807) is 11.0 Å². The summed E-state index contributed by atoms with van der Waals surface area (Å²) >= 11 is 0. The molecule has 1 aliphatic heterocycles. The number of likely N-dealkylation sites (tertiary alicyclic amines) is 1. The maximum absolute atomic E-state index is 12.0. The van der Waals surface area contributed by atoms with E-state index in [9.17, 15) is 4.79 Å². The molecule has 2 aromatic rings. The fourth-order valence-electron chi connectivity index (χ4n) is 3.04. The van der Waals surface area contributed by atoms with E-state index in [-0.39, 0.29) is 17.2 Å². The van der Waals surface area contributed by atoms with Crippen LogP contribution in [0.15, 0.2) is 36.9 Å². The summed E-state index contributed by atoms with van der Waals surface area (Å²) in [7, 11) is 0. The topological polar surface area (TPSA) is 71.1 Å². The Bertz CT molecular complexity index is 774. The molecular weight excluding hydrogens is 328 g/mol. The smallest absolute Gasteiger partial charge is 0.223 e. The monoisotopic (exact) mass is 354 g/mol. The minimum Gasteiger partial charge on any atom is -0.486 e. The van der Waals surface area contributed by atoms with Crippen molar-refractivity contribution >= 4 is 5.91 Å². The zero-order chi connectivity index (χ0) is 18.7. The third kappa shape index (κ3) is 4.12. The summed E-state index contributed by atoms with van der Waals surface area (Å²) in [6.45, 7) is 11.8. The van der Waals surface area contributed by atoms with Crippen molar-refractivity contribution in [2.45, 2.75) is 45.1 Å². The normalized spacial score (nSPS) is 17.6. The summed E-state index contributed by atoms with van der Waals surface area (Å²) in [6.07, 6.45) is 2.18. The third-order valence-corrected chi connectivity index (χ3v) is 4.57. The van der Waals surface area contributed by atoms with Crippen LogP contribution in [0.3, 0.4) is 0 Å². The molecule has 0 radical (unpaired) electrons. The predicted octanol–water partition coefficient (Wildman–Crippen LogP) is 3.18. The molecule has 3 rings (SSSR count). The van der Waals surface area contributed by atoms with E-state index in [4.69, 9.17) is 4.74 Å². The first-order chi connectivity index (χ1) is 12.4. The molecule has 26 heavy (non-hydrogen) atoms. The Labute approximate surface area is 154 Å². The van der Waals surface area contributed by atoms with Crippen LogP contribution in [0.4, 0.5) is 0 Å². The van der Waals surface area contributed by atoms with E-state index < -0.39 is 0 Å². The molecule has 0 aliphatic carbocycles. The summed E-state index contributed by atoms with van der Waals surface area (Å²) in [5.41, 5.74) is 1.39. The number of hydrogen-bond acceptors (Lipinski definition) is 4. The van der Waals surface area contributed by atoms with Crippen LogP contribution in [0.5, 0.6) is 5.75 Å². The quantitative estimate of drug-likeness (QED) is 0.809. The van der Waals surface area contributed by atoms with E-state index in [0.29, 0.717) is 37.8 Å². The van der Waals surface area contributed by atoms with Gasteiger partial charge in [0, 0.05) is 25.4 Å². The minimum atomic E-state index is 0.0264.